The molecule has 0 spiro atoms. The highest BCUT2D eigenvalue weighted by molar-refractivity contribution is 7.99. The van der Waals surface area contributed by atoms with E-state index in [1.807, 2.05) is 38.1 Å². The van der Waals surface area contributed by atoms with E-state index in [1.54, 1.807) is 24.3 Å². The molecule has 0 bridgehead atoms. The van der Waals surface area contributed by atoms with E-state index < -0.39 is 17.4 Å². The lowest BCUT2D eigenvalue weighted by atomic mass is 9.80. The van der Waals surface area contributed by atoms with Crippen molar-refractivity contribution in [2.24, 2.45) is 5.92 Å². The number of carbonyl (C=O) groups is 3. The average molecular weight is 592 g/mol. The molecule has 3 N–H and O–H groups in total. The number of nitrogens with one attached hydrogen (secondary N) is 3. The van der Waals surface area contributed by atoms with Crippen LogP contribution >= 0.6 is 11.8 Å². The fourth-order valence-electron chi connectivity index (χ4n) is 5.17. The van der Waals surface area contributed by atoms with Crippen LogP contribution in [0.2, 0.25) is 0 Å². The number of aromatic nitrogens is 2. The maximum atomic E-state index is 13.8. The monoisotopic (exact) mass is 591 g/mol. The molecule has 1 heterocycles. The third-order valence-electron chi connectivity index (χ3n) is 7.41. The number of amides is 2. The van der Waals surface area contributed by atoms with Gasteiger partial charge in [0.25, 0.3) is 17.0 Å². The summed E-state index contributed by atoms with van der Waals surface area (Å²) in [6, 6.07) is 18.3. The van der Waals surface area contributed by atoms with Gasteiger partial charge in [-0.15, -0.1) is 10.2 Å². The first-order valence-electron chi connectivity index (χ1n) is 14.8. The van der Waals surface area contributed by atoms with Gasteiger partial charge in [-0.25, -0.2) is 0 Å². The summed E-state index contributed by atoms with van der Waals surface area (Å²) in [6.07, 6.45) is 5.01. The molecule has 0 aliphatic heterocycles. The first-order chi connectivity index (χ1) is 20.4. The van der Waals surface area contributed by atoms with E-state index in [4.69, 9.17) is 4.42 Å². The lowest BCUT2D eigenvalue weighted by Crippen LogP contribution is -2.62. The zero-order valence-corrected chi connectivity index (χ0v) is 25.3. The Morgan fingerprint density at radius 2 is 1.62 bits per heavy atom. The Labute approximate surface area is 252 Å². The van der Waals surface area contributed by atoms with Gasteiger partial charge in [0.05, 0.1) is 6.04 Å². The van der Waals surface area contributed by atoms with Crippen molar-refractivity contribution in [2.45, 2.75) is 75.6 Å². The second-order valence-corrected chi connectivity index (χ2v) is 12.2. The molecule has 0 radical (unpaired) electrons. The van der Waals surface area contributed by atoms with Gasteiger partial charge in [0.15, 0.2) is 0 Å². The molecule has 0 saturated heterocycles. The maximum absolute atomic E-state index is 13.8. The van der Waals surface area contributed by atoms with Gasteiger partial charge < -0.3 is 20.4 Å². The molecule has 2 amide bonds. The highest BCUT2D eigenvalue weighted by atomic mass is 32.2. The Hall–Kier alpha value is -3.50. The first-order valence-corrected chi connectivity index (χ1v) is 15.8. The van der Waals surface area contributed by atoms with E-state index in [0.717, 1.165) is 38.8 Å². The third-order valence-corrected chi connectivity index (χ3v) is 8.23. The Balaban J connectivity index is 1.34. The van der Waals surface area contributed by atoms with E-state index in [0.29, 0.717) is 35.8 Å². The number of rotatable bonds is 15. The summed E-state index contributed by atoms with van der Waals surface area (Å²) < 4.78 is 5.70. The predicted molar refractivity (Wildman–Crippen MR) is 163 cm³/mol. The van der Waals surface area contributed by atoms with Crippen LogP contribution in [0.4, 0.5) is 0 Å². The molecule has 1 saturated carbocycles. The lowest BCUT2D eigenvalue weighted by Gasteiger charge is -2.37. The summed E-state index contributed by atoms with van der Waals surface area (Å²) in [5, 5.41) is 17.7. The minimum atomic E-state index is -1.08. The molecule has 1 atom stereocenters. The molecule has 4 rings (SSSR count). The van der Waals surface area contributed by atoms with Crippen LogP contribution < -0.4 is 16.0 Å². The number of ketones is 1. The van der Waals surface area contributed by atoms with E-state index in [2.05, 4.69) is 38.3 Å². The second-order valence-electron chi connectivity index (χ2n) is 11.2. The van der Waals surface area contributed by atoms with Crippen molar-refractivity contribution in [3.05, 3.63) is 77.7 Å². The molecule has 1 unspecified atom stereocenters. The van der Waals surface area contributed by atoms with Crippen LogP contribution in [-0.4, -0.2) is 58.2 Å². The van der Waals surface area contributed by atoms with Gasteiger partial charge in [-0.05, 0) is 55.8 Å². The SMILES string of the molecule is CC(C)CC(NC(=O)C1(NC(=O)c2ccccc2)CCCCC1)C(=O)c1nnc(SCCNCCc2ccccc2)o1. The van der Waals surface area contributed by atoms with Gasteiger partial charge in [0, 0.05) is 17.9 Å². The van der Waals surface area contributed by atoms with Gasteiger partial charge >= 0.3 is 0 Å². The smallest absolute Gasteiger partial charge is 0.286 e. The average Bonchev–Trinajstić information content (AvgIpc) is 3.48. The van der Waals surface area contributed by atoms with Gasteiger partial charge in [0.1, 0.15) is 5.54 Å². The van der Waals surface area contributed by atoms with Gasteiger partial charge in [-0.3, -0.25) is 14.4 Å². The fourth-order valence-corrected chi connectivity index (χ4v) is 5.83. The van der Waals surface area contributed by atoms with Crippen molar-refractivity contribution in [3.63, 3.8) is 0 Å². The Morgan fingerprint density at radius 3 is 2.31 bits per heavy atom. The molecule has 1 aromatic heterocycles. The van der Waals surface area contributed by atoms with Crippen molar-refractivity contribution in [1.82, 2.24) is 26.1 Å². The van der Waals surface area contributed by atoms with Crippen molar-refractivity contribution in [1.29, 1.82) is 0 Å². The molecule has 2 aromatic carbocycles. The zero-order chi connectivity index (χ0) is 29.8. The molecule has 3 aromatic rings. The summed E-state index contributed by atoms with van der Waals surface area (Å²) in [6.45, 7) is 5.59. The molecule has 1 fully saturated rings. The number of carbonyl (C=O) groups excluding carboxylic acids is 3. The molecular weight excluding hydrogens is 550 g/mol. The molecule has 224 valence electrons. The van der Waals surface area contributed by atoms with Crippen LogP contribution in [0.3, 0.4) is 0 Å². The molecule has 1 aliphatic carbocycles. The van der Waals surface area contributed by atoms with Crippen LogP contribution in [0.25, 0.3) is 0 Å². The summed E-state index contributed by atoms with van der Waals surface area (Å²) in [5.41, 5.74) is 0.699. The van der Waals surface area contributed by atoms with E-state index in [9.17, 15) is 14.4 Å². The summed E-state index contributed by atoms with van der Waals surface area (Å²) >= 11 is 1.38. The molecule has 10 heteroatoms. The summed E-state index contributed by atoms with van der Waals surface area (Å²) in [4.78, 5) is 40.3. The summed E-state index contributed by atoms with van der Waals surface area (Å²) in [5.74, 6) is -0.349. The molecule has 1 aliphatic rings. The number of Topliss-reactive ketones (excluding diaryl/α,β-unsaturated/α-hetero) is 1. The van der Waals surface area contributed by atoms with Crippen LogP contribution in [0.15, 0.2) is 70.3 Å². The van der Waals surface area contributed by atoms with Gasteiger partial charge in [0.2, 0.25) is 11.7 Å². The minimum absolute atomic E-state index is 0.119. The normalized spacial score (nSPS) is 15.2. The van der Waals surface area contributed by atoms with Crippen LogP contribution in [-0.2, 0) is 11.2 Å². The largest absolute Gasteiger partial charge is 0.408 e. The number of thioether (sulfide) groups is 1. The van der Waals surface area contributed by atoms with Crippen LogP contribution in [0.5, 0.6) is 0 Å². The fraction of sp³-hybridized carbons (Fsp3) is 0.469. The van der Waals surface area contributed by atoms with Crippen molar-refractivity contribution in [3.8, 4) is 0 Å². The van der Waals surface area contributed by atoms with Crippen molar-refractivity contribution in [2.75, 3.05) is 18.8 Å². The topological polar surface area (TPSA) is 126 Å². The van der Waals surface area contributed by atoms with E-state index >= 15 is 0 Å². The van der Waals surface area contributed by atoms with Crippen molar-refractivity contribution >= 4 is 29.4 Å². The first kappa shape index (κ1) is 31.4. The van der Waals surface area contributed by atoms with Gasteiger partial charge in [-0.2, -0.15) is 0 Å². The second kappa shape index (κ2) is 15.7. The molecular formula is C32H41N5O4S. The third kappa shape index (κ3) is 9.00. The zero-order valence-electron chi connectivity index (χ0n) is 24.4. The van der Waals surface area contributed by atoms with Crippen LogP contribution in [0, 0.1) is 5.92 Å². The quantitative estimate of drug-likeness (QED) is 0.130. The van der Waals surface area contributed by atoms with Gasteiger partial charge in [-0.1, -0.05) is 93.4 Å². The standard InChI is InChI=1S/C32H41N5O4S/c1-23(2)22-26(34-30(40)32(17-10-5-11-18-32)35-28(39)25-14-8-4-9-15-25)27(38)29-36-37-31(41-29)42-21-20-33-19-16-24-12-6-3-7-13-24/h3-4,6-9,12-15,23,26,33H,5,10-11,16-22H2,1-2H3,(H,34,40)(H,35,39). The number of benzene rings is 2. The number of nitrogens with zero attached hydrogens (tertiary/aromatic N) is 2. The minimum Gasteiger partial charge on any atom is -0.408 e. The highest BCUT2D eigenvalue weighted by Crippen LogP contribution is 2.30. The number of hydrogen-bond acceptors (Lipinski definition) is 8. The Bertz CT molecular complexity index is 1290. The number of hydrogen-bond donors (Lipinski definition) is 3. The lowest BCUT2D eigenvalue weighted by molar-refractivity contribution is -0.129. The van der Waals surface area contributed by atoms with Crippen molar-refractivity contribution < 1.29 is 18.8 Å². The molecule has 9 nitrogen and oxygen atoms in total. The van der Waals surface area contributed by atoms with Crippen LogP contribution in [0.1, 0.15) is 79.0 Å². The Morgan fingerprint density at radius 1 is 0.929 bits per heavy atom. The maximum Gasteiger partial charge on any atom is 0.286 e. The predicted octanol–water partition coefficient (Wildman–Crippen LogP) is 4.84. The van der Waals surface area contributed by atoms with E-state index in [-0.39, 0.29) is 23.6 Å². The molecule has 42 heavy (non-hydrogen) atoms. The summed E-state index contributed by atoms with van der Waals surface area (Å²) in [7, 11) is 0. The highest BCUT2D eigenvalue weighted by Gasteiger charge is 2.43. The van der Waals surface area contributed by atoms with E-state index in [1.165, 1.54) is 17.3 Å². The Kier molecular flexibility index (Phi) is 11.7.